The maximum atomic E-state index is 11.9. The summed E-state index contributed by atoms with van der Waals surface area (Å²) in [5, 5.41) is 35.8. The average Bonchev–Trinajstić information content (AvgIpc) is 2.87. The van der Waals surface area contributed by atoms with Crippen LogP contribution in [0.5, 0.6) is 11.5 Å². The Morgan fingerprint density at radius 3 is 2.74 bits per heavy atom. The molecule has 0 amide bonds. The van der Waals surface area contributed by atoms with Gasteiger partial charge in [0.2, 0.25) is 11.5 Å². The van der Waals surface area contributed by atoms with Crippen molar-refractivity contribution in [2.75, 3.05) is 6.61 Å². The summed E-state index contributed by atoms with van der Waals surface area (Å²) in [5.41, 5.74) is 5.17. The van der Waals surface area contributed by atoms with Crippen LogP contribution in [-0.2, 0) is 9.84 Å². The SMILES string of the molecule is [N-]=[N+]=N[C@]1(COc2ccccc2[O])O[C@@H](n2ccc(=O)[nH]c2=O)[C@H](O)[C@@H]1O. The van der Waals surface area contributed by atoms with Crippen LogP contribution >= 0.6 is 0 Å². The average molecular weight is 376 g/mol. The molecule has 0 saturated carbocycles. The zero-order valence-corrected chi connectivity index (χ0v) is 13.6. The summed E-state index contributed by atoms with van der Waals surface area (Å²) >= 11 is 0. The van der Waals surface area contributed by atoms with E-state index in [9.17, 15) is 24.9 Å². The predicted molar refractivity (Wildman–Crippen MR) is 87.4 cm³/mol. The summed E-state index contributed by atoms with van der Waals surface area (Å²) in [6, 6.07) is 6.68. The van der Waals surface area contributed by atoms with Crippen molar-refractivity contribution in [3.05, 3.63) is 67.8 Å². The second-order valence-corrected chi connectivity index (χ2v) is 5.73. The van der Waals surface area contributed by atoms with Gasteiger partial charge in [-0.25, -0.2) is 4.79 Å². The standard InChI is InChI=1S/C15H14N5O7/c16-19-18-15(7-26-9-4-2-1-3-8(9)21)12(24)11(23)13(27-15)20-6-5-10(22)17-14(20)25/h1-6,11-13,23-24H,7H2,(H,17,22,25)/t11-,12+,13-,15-/m1/s1. The number of nitrogens with one attached hydrogen (secondary N) is 1. The molecule has 1 aromatic heterocycles. The molecule has 1 radical (unpaired) electrons. The maximum Gasteiger partial charge on any atom is 0.330 e. The monoisotopic (exact) mass is 376 g/mol. The molecule has 4 atom stereocenters. The maximum absolute atomic E-state index is 11.9. The number of rotatable bonds is 5. The fourth-order valence-corrected chi connectivity index (χ4v) is 2.68. The Labute approximate surface area is 150 Å². The summed E-state index contributed by atoms with van der Waals surface area (Å²) in [6.45, 7) is -0.608. The quantitative estimate of drug-likeness (QED) is 0.375. The van der Waals surface area contributed by atoms with Crippen molar-refractivity contribution in [1.82, 2.24) is 9.55 Å². The van der Waals surface area contributed by atoms with E-state index in [4.69, 9.17) is 15.0 Å². The van der Waals surface area contributed by atoms with E-state index in [1.165, 1.54) is 18.2 Å². The van der Waals surface area contributed by atoms with Crippen LogP contribution in [0.3, 0.4) is 0 Å². The summed E-state index contributed by atoms with van der Waals surface area (Å²) in [5.74, 6) is -0.532. The number of aromatic nitrogens is 2. The fourth-order valence-electron chi connectivity index (χ4n) is 2.68. The Bertz CT molecular complexity index is 998. The van der Waals surface area contributed by atoms with E-state index in [2.05, 4.69) is 10.0 Å². The van der Waals surface area contributed by atoms with Gasteiger partial charge in [-0.05, 0) is 17.7 Å². The number of H-pyrrole nitrogens is 1. The molecule has 1 fully saturated rings. The fraction of sp³-hybridized carbons (Fsp3) is 0.333. The highest BCUT2D eigenvalue weighted by molar-refractivity contribution is 5.37. The summed E-state index contributed by atoms with van der Waals surface area (Å²) < 4.78 is 11.6. The second kappa shape index (κ2) is 7.13. The molecule has 0 bridgehead atoms. The van der Waals surface area contributed by atoms with Gasteiger partial charge in [-0.1, -0.05) is 17.2 Å². The molecule has 0 spiro atoms. The third kappa shape index (κ3) is 3.37. The number of azide groups is 1. The van der Waals surface area contributed by atoms with Crippen LogP contribution in [0.1, 0.15) is 6.23 Å². The molecule has 1 aromatic carbocycles. The van der Waals surface area contributed by atoms with Crippen LogP contribution in [0.15, 0.2) is 51.2 Å². The van der Waals surface area contributed by atoms with Crippen LogP contribution < -0.4 is 16.0 Å². The van der Waals surface area contributed by atoms with Crippen molar-refractivity contribution < 1.29 is 24.8 Å². The van der Waals surface area contributed by atoms with Gasteiger partial charge in [0.05, 0.1) is 0 Å². The summed E-state index contributed by atoms with van der Waals surface area (Å²) in [4.78, 5) is 27.7. The first kappa shape index (κ1) is 18.5. The molecule has 3 N–H and O–H groups in total. The highest BCUT2D eigenvalue weighted by atomic mass is 16.6. The van der Waals surface area contributed by atoms with Gasteiger partial charge in [0, 0.05) is 17.2 Å². The van der Waals surface area contributed by atoms with E-state index in [1.807, 2.05) is 4.98 Å². The molecule has 0 aliphatic carbocycles. The summed E-state index contributed by atoms with van der Waals surface area (Å²) in [7, 11) is 0. The van der Waals surface area contributed by atoms with Gasteiger partial charge in [-0.3, -0.25) is 19.5 Å². The molecule has 12 heteroatoms. The van der Waals surface area contributed by atoms with Crippen LogP contribution in [0.2, 0.25) is 0 Å². The highest BCUT2D eigenvalue weighted by Crippen LogP contribution is 2.39. The number of aliphatic hydroxyl groups is 2. The third-order valence-electron chi connectivity index (χ3n) is 4.03. The van der Waals surface area contributed by atoms with Gasteiger partial charge < -0.3 is 19.7 Å². The zero-order chi connectivity index (χ0) is 19.6. The molecule has 27 heavy (non-hydrogen) atoms. The smallest absolute Gasteiger partial charge is 0.330 e. The van der Waals surface area contributed by atoms with E-state index in [0.29, 0.717) is 0 Å². The van der Waals surface area contributed by atoms with Crippen LogP contribution in [0, 0.1) is 0 Å². The molecule has 12 nitrogen and oxygen atoms in total. The first-order valence-corrected chi connectivity index (χ1v) is 7.68. The Morgan fingerprint density at radius 2 is 2.07 bits per heavy atom. The molecule has 141 valence electrons. The molecule has 2 aromatic rings. The van der Waals surface area contributed by atoms with Crippen LogP contribution in [0.25, 0.3) is 10.4 Å². The largest absolute Gasteiger partial charge is 0.486 e. The molecule has 3 rings (SSSR count). The van der Waals surface area contributed by atoms with E-state index in [-0.39, 0.29) is 5.75 Å². The Morgan fingerprint density at radius 1 is 1.33 bits per heavy atom. The molecule has 1 saturated heterocycles. The van der Waals surface area contributed by atoms with Gasteiger partial charge >= 0.3 is 5.69 Å². The van der Waals surface area contributed by atoms with Gasteiger partial charge in [-0.15, -0.1) is 0 Å². The Kier molecular flexibility index (Phi) is 4.88. The molecular formula is C15H14N5O7. The number of aromatic amines is 1. The van der Waals surface area contributed by atoms with Crippen molar-refractivity contribution in [1.29, 1.82) is 0 Å². The van der Waals surface area contributed by atoms with Gasteiger partial charge in [0.25, 0.3) is 5.56 Å². The minimum Gasteiger partial charge on any atom is -0.486 e. The molecule has 2 heterocycles. The lowest BCUT2D eigenvalue weighted by atomic mass is 10.1. The number of hydrogen-bond acceptors (Lipinski definition) is 7. The van der Waals surface area contributed by atoms with E-state index in [0.717, 1.165) is 16.8 Å². The molecule has 1 aliphatic heterocycles. The highest BCUT2D eigenvalue weighted by Gasteiger charge is 2.56. The topological polar surface area (TPSA) is 182 Å². The van der Waals surface area contributed by atoms with Crippen molar-refractivity contribution in [2.45, 2.75) is 24.2 Å². The Hall–Kier alpha value is -3.31. The number of hydrogen-bond donors (Lipinski definition) is 3. The van der Waals surface area contributed by atoms with E-state index < -0.39 is 47.8 Å². The number of benzene rings is 1. The van der Waals surface area contributed by atoms with E-state index >= 15 is 0 Å². The van der Waals surface area contributed by atoms with Gasteiger partial charge in [0.15, 0.2) is 12.0 Å². The van der Waals surface area contributed by atoms with Gasteiger partial charge in [-0.2, -0.15) is 0 Å². The van der Waals surface area contributed by atoms with Crippen LogP contribution in [-0.4, -0.2) is 44.3 Å². The lowest BCUT2D eigenvalue weighted by molar-refractivity contribution is -0.120. The van der Waals surface area contributed by atoms with Gasteiger partial charge in [0.1, 0.15) is 18.8 Å². The number of para-hydroxylation sites is 2. The molecular weight excluding hydrogens is 362 g/mol. The van der Waals surface area contributed by atoms with Crippen molar-refractivity contribution in [3.8, 4) is 11.5 Å². The molecule has 0 unspecified atom stereocenters. The second-order valence-electron chi connectivity index (χ2n) is 5.73. The number of nitrogens with zero attached hydrogens (tertiary/aromatic N) is 4. The molecule has 1 aliphatic rings. The number of ether oxygens (including phenoxy) is 2. The van der Waals surface area contributed by atoms with Crippen molar-refractivity contribution >= 4 is 0 Å². The number of aliphatic hydroxyl groups excluding tert-OH is 2. The lowest BCUT2D eigenvalue weighted by Gasteiger charge is -2.26. The first-order valence-electron chi connectivity index (χ1n) is 7.68. The van der Waals surface area contributed by atoms with Crippen molar-refractivity contribution in [3.63, 3.8) is 0 Å². The minimum atomic E-state index is -2.11. The normalized spacial score (nSPS) is 27.1. The van der Waals surface area contributed by atoms with Crippen molar-refractivity contribution in [2.24, 2.45) is 5.11 Å². The minimum absolute atomic E-state index is 0.0834. The third-order valence-corrected chi connectivity index (χ3v) is 4.03. The zero-order valence-electron chi connectivity index (χ0n) is 13.6. The van der Waals surface area contributed by atoms with Crippen LogP contribution in [0.4, 0.5) is 0 Å². The first-order chi connectivity index (χ1) is 12.9. The predicted octanol–water partition coefficient (Wildman–Crippen LogP) is 0.0166. The Balaban J connectivity index is 1.93. The lowest BCUT2D eigenvalue weighted by Crippen LogP contribution is -2.46. The summed E-state index contributed by atoms with van der Waals surface area (Å²) in [6.07, 6.45) is -3.89. The van der Waals surface area contributed by atoms with E-state index in [1.54, 1.807) is 6.07 Å².